The van der Waals surface area contributed by atoms with E-state index >= 15 is 0 Å². The number of rotatable bonds is 1. The Balaban J connectivity index is 2.61. The van der Waals surface area contributed by atoms with Gasteiger partial charge in [0.15, 0.2) is 0 Å². The SMILES string of the molecule is NC1([P+](=O)O)CCCC1. The molecule has 9 heavy (non-hydrogen) atoms. The van der Waals surface area contributed by atoms with Crippen molar-refractivity contribution in [2.45, 2.75) is 31.0 Å². The molecule has 0 aromatic carbocycles. The van der Waals surface area contributed by atoms with E-state index in [2.05, 4.69) is 0 Å². The highest BCUT2D eigenvalue weighted by Gasteiger charge is 2.47. The average Bonchev–Trinajstić information content (AvgIpc) is 2.16. The van der Waals surface area contributed by atoms with Gasteiger partial charge in [0.25, 0.3) is 0 Å². The third-order valence-corrected chi connectivity index (χ3v) is 3.06. The molecule has 0 amide bonds. The van der Waals surface area contributed by atoms with Crippen LogP contribution in [-0.2, 0) is 4.57 Å². The molecule has 0 aromatic rings. The highest BCUT2D eigenvalue weighted by molar-refractivity contribution is 7.40. The standard InChI is InChI=1S/C5H10NO2P/c6-5(9(7)8)3-1-2-4-5/h1-4,6H2/p+1. The first-order valence-corrected chi connectivity index (χ1v) is 4.31. The van der Waals surface area contributed by atoms with Gasteiger partial charge in [-0.15, -0.1) is 0 Å². The lowest BCUT2D eigenvalue weighted by Crippen LogP contribution is -2.31. The Bertz CT molecular complexity index is 131. The third kappa shape index (κ3) is 1.29. The minimum Gasteiger partial charge on any atom is -0.282 e. The molecule has 0 aliphatic heterocycles. The predicted octanol–water partition coefficient (Wildman–Crippen LogP) is 0.950. The second-order valence-corrected chi connectivity index (χ2v) is 4.02. The van der Waals surface area contributed by atoms with Crippen LogP contribution in [0.4, 0.5) is 0 Å². The third-order valence-electron chi connectivity index (χ3n) is 1.85. The fourth-order valence-corrected chi connectivity index (χ4v) is 1.88. The topological polar surface area (TPSA) is 63.3 Å². The monoisotopic (exact) mass is 148 g/mol. The van der Waals surface area contributed by atoms with Crippen LogP contribution < -0.4 is 5.73 Å². The molecule has 0 bridgehead atoms. The van der Waals surface area contributed by atoms with Gasteiger partial charge in [0.2, 0.25) is 5.28 Å². The van der Waals surface area contributed by atoms with Gasteiger partial charge in [-0.25, -0.2) is 0 Å². The zero-order chi connectivity index (χ0) is 6.91. The highest BCUT2D eigenvalue weighted by atomic mass is 31.1. The van der Waals surface area contributed by atoms with Crippen LogP contribution in [-0.4, -0.2) is 10.2 Å². The lowest BCUT2D eigenvalue weighted by atomic mass is 10.3. The maximum absolute atomic E-state index is 10.5. The molecule has 1 fully saturated rings. The largest absolute Gasteiger partial charge is 0.527 e. The molecule has 3 nitrogen and oxygen atoms in total. The van der Waals surface area contributed by atoms with Crippen molar-refractivity contribution in [2.24, 2.45) is 5.73 Å². The summed E-state index contributed by atoms with van der Waals surface area (Å²) in [4.78, 5) is 8.70. The van der Waals surface area contributed by atoms with E-state index in [0.717, 1.165) is 12.8 Å². The summed E-state index contributed by atoms with van der Waals surface area (Å²) in [5.74, 6) is 0. The summed E-state index contributed by atoms with van der Waals surface area (Å²) in [5.41, 5.74) is 5.57. The quantitative estimate of drug-likeness (QED) is 0.544. The molecule has 0 radical (unpaired) electrons. The van der Waals surface area contributed by atoms with E-state index in [-0.39, 0.29) is 0 Å². The van der Waals surface area contributed by atoms with E-state index in [1.165, 1.54) is 0 Å². The van der Waals surface area contributed by atoms with E-state index in [4.69, 9.17) is 10.6 Å². The van der Waals surface area contributed by atoms with Crippen molar-refractivity contribution in [2.75, 3.05) is 0 Å². The molecule has 4 heteroatoms. The molecule has 0 spiro atoms. The molecule has 1 atom stereocenters. The Hall–Kier alpha value is 0.0200. The van der Waals surface area contributed by atoms with Gasteiger partial charge in [0.1, 0.15) is 0 Å². The average molecular weight is 148 g/mol. The molecule has 0 heterocycles. The Kier molecular flexibility index (Phi) is 1.85. The van der Waals surface area contributed by atoms with E-state index < -0.39 is 13.3 Å². The van der Waals surface area contributed by atoms with Gasteiger partial charge >= 0.3 is 8.03 Å². The van der Waals surface area contributed by atoms with Gasteiger partial charge in [-0.1, -0.05) is 0 Å². The molecule has 1 unspecified atom stereocenters. The van der Waals surface area contributed by atoms with Gasteiger partial charge < -0.3 is 0 Å². The summed E-state index contributed by atoms with van der Waals surface area (Å²) in [6.07, 6.45) is 3.41. The van der Waals surface area contributed by atoms with Crippen LogP contribution in [0.15, 0.2) is 0 Å². The summed E-state index contributed by atoms with van der Waals surface area (Å²) >= 11 is 0. The van der Waals surface area contributed by atoms with Crippen molar-refractivity contribution in [3.63, 3.8) is 0 Å². The Labute approximate surface area is 55.1 Å². The first-order valence-electron chi connectivity index (χ1n) is 3.10. The van der Waals surface area contributed by atoms with Crippen molar-refractivity contribution >= 4 is 8.03 Å². The minimum absolute atomic E-state index is 0.707. The molecule has 52 valence electrons. The maximum atomic E-state index is 10.5. The Morgan fingerprint density at radius 1 is 1.44 bits per heavy atom. The van der Waals surface area contributed by atoms with Crippen molar-refractivity contribution in [1.82, 2.24) is 0 Å². The van der Waals surface area contributed by atoms with Gasteiger partial charge in [-0.05, 0) is 17.4 Å². The molecule has 1 rings (SSSR count). The number of nitrogens with two attached hydrogens (primary N) is 1. The van der Waals surface area contributed by atoms with Gasteiger partial charge in [0.05, 0.1) is 0 Å². The molecule has 1 saturated carbocycles. The zero-order valence-electron chi connectivity index (χ0n) is 5.21. The second kappa shape index (κ2) is 2.33. The summed E-state index contributed by atoms with van der Waals surface area (Å²) in [6, 6.07) is 0. The number of hydrogen-bond donors (Lipinski definition) is 2. The lowest BCUT2D eigenvalue weighted by molar-refractivity contribution is 0.448. The zero-order valence-corrected chi connectivity index (χ0v) is 6.10. The second-order valence-electron chi connectivity index (χ2n) is 2.58. The van der Waals surface area contributed by atoms with Crippen molar-refractivity contribution in [3.8, 4) is 0 Å². The molecule has 0 saturated heterocycles. The maximum Gasteiger partial charge on any atom is 0.527 e. The highest BCUT2D eigenvalue weighted by Crippen LogP contribution is 2.43. The molecule has 0 aromatic heterocycles. The Morgan fingerprint density at radius 3 is 2.11 bits per heavy atom. The van der Waals surface area contributed by atoms with E-state index in [1.54, 1.807) is 0 Å². The van der Waals surface area contributed by atoms with Crippen LogP contribution in [0.1, 0.15) is 25.7 Å². The summed E-state index contributed by atoms with van der Waals surface area (Å²) in [6.45, 7) is 0. The van der Waals surface area contributed by atoms with E-state index in [1.807, 2.05) is 0 Å². The molecule has 1 aliphatic rings. The molecular weight excluding hydrogens is 137 g/mol. The van der Waals surface area contributed by atoms with Gasteiger partial charge in [-0.3, -0.25) is 5.73 Å². The van der Waals surface area contributed by atoms with E-state index in [0.29, 0.717) is 12.8 Å². The van der Waals surface area contributed by atoms with E-state index in [9.17, 15) is 4.57 Å². The summed E-state index contributed by atoms with van der Waals surface area (Å²) in [7, 11) is -2.16. The summed E-state index contributed by atoms with van der Waals surface area (Å²) < 4.78 is 10.5. The van der Waals surface area contributed by atoms with Crippen LogP contribution in [0.25, 0.3) is 0 Å². The fourth-order valence-electron chi connectivity index (χ4n) is 1.18. The smallest absolute Gasteiger partial charge is 0.282 e. The van der Waals surface area contributed by atoms with Crippen molar-refractivity contribution in [3.05, 3.63) is 0 Å². The summed E-state index contributed by atoms with van der Waals surface area (Å²) in [5, 5.41) is -0.741. The van der Waals surface area contributed by atoms with Crippen LogP contribution in [0.5, 0.6) is 0 Å². The number of hydrogen-bond acceptors (Lipinski definition) is 2. The van der Waals surface area contributed by atoms with Crippen molar-refractivity contribution in [1.29, 1.82) is 0 Å². The van der Waals surface area contributed by atoms with Gasteiger partial charge in [-0.2, -0.15) is 4.89 Å². The van der Waals surface area contributed by atoms with Gasteiger partial charge in [0, 0.05) is 12.8 Å². The Morgan fingerprint density at radius 2 is 1.89 bits per heavy atom. The molecule has 3 N–H and O–H groups in total. The lowest BCUT2D eigenvalue weighted by Gasteiger charge is -2.04. The van der Waals surface area contributed by atoms with Crippen LogP contribution in [0, 0.1) is 0 Å². The minimum atomic E-state index is -2.16. The van der Waals surface area contributed by atoms with Crippen LogP contribution in [0.3, 0.4) is 0 Å². The first kappa shape index (κ1) is 7.13. The molecular formula is C5H11NO2P+. The first-order chi connectivity index (χ1) is 4.15. The van der Waals surface area contributed by atoms with Crippen LogP contribution in [0.2, 0.25) is 0 Å². The molecule has 1 aliphatic carbocycles. The predicted molar refractivity (Wildman–Crippen MR) is 35.2 cm³/mol. The van der Waals surface area contributed by atoms with Crippen molar-refractivity contribution < 1.29 is 9.46 Å². The van der Waals surface area contributed by atoms with Crippen LogP contribution >= 0.6 is 8.03 Å². The normalized spacial score (nSPS) is 26.2. The fraction of sp³-hybridized carbons (Fsp3) is 1.00.